The van der Waals surface area contributed by atoms with Gasteiger partial charge in [-0.15, -0.1) is 0 Å². The second kappa shape index (κ2) is 7.62. The predicted octanol–water partition coefficient (Wildman–Crippen LogP) is 3.84. The maximum Gasteiger partial charge on any atom is 0.325 e. The number of ketones is 1. The van der Waals surface area contributed by atoms with Crippen LogP contribution < -0.4 is 0 Å². The molecule has 0 aliphatic carbocycles. The van der Waals surface area contributed by atoms with E-state index < -0.39 is 12.3 Å². The fourth-order valence-electron chi connectivity index (χ4n) is 3.25. The first-order valence-electron chi connectivity index (χ1n) is 8.71. The molecule has 130 valence electrons. The molecule has 0 saturated carbocycles. The molecule has 0 spiro atoms. The number of hydrogen-bond donors (Lipinski definition) is 0. The Morgan fingerprint density at radius 3 is 2.28 bits per heavy atom. The Balaban J connectivity index is 1.90. The summed E-state index contributed by atoms with van der Waals surface area (Å²) < 4.78 is 5.67. The highest BCUT2D eigenvalue weighted by Crippen LogP contribution is 2.35. The molecule has 1 fully saturated rings. The van der Waals surface area contributed by atoms with Crippen LogP contribution in [0.1, 0.15) is 42.4 Å². The lowest BCUT2D eigenvalue weighted by Gasteiger charge is -2.28. The zero-order valence-electron chi connectivity index (χ0n) is 14.6. The average molecular weight is 337 g/mol. The van der Waals surface area contributed by atoms with Crippen molar-refractivity contribution in [3.05, 3.63) is 71.8 Å². The molecular formula is C21H23NO3. The smallest absolute Gasteiger partial charge is 0.325 e. The number of Topliss-reactive ketones (excluding diaryl/α,β-unsaturated/α-hetero) is 1. The Hall–Kier alpha value is -2.46. The number of carbonyl (C=O) groups excluding carboxylic acids is 2. The molecule has 4 nitrogen and oxygen atoms in total. The molecule has 3 rings (SSSR count). The third-order valence-corrected chi connectivity index (χ3v) is 4.82. The SMILES string of the molecule is CCC(C)[C@H]1C(=O)O[C@@H](c2ccccc2)N1CC(=O)c1ccccc1. The van der Waals surface area contributed by atoms with E-state index in [9.17, 15) is 9.59 Å². The Morgan fingerprint density at radius 1 is 1.08 bits per heavy atom. The van der Waals surface area contributed by atoms with Crippen LogP contribution in [-0.4, -0.2) is 29.2 Å². The van der Waals surface area contributed by atoms with Crippen molar-refractivity contribution in [1.82, 2.24) is 4.90 Å². The summed E-state index contributed by atoms with van der Waals surface area (Å²) in [6.07, 6.45) is 0.331. The van der Waals surface area contributed by atoms with E-state index in [4.69, 9.17) is 4.74 Å². The minimum atomic E-state index is -0.514. The zero-order valence-corrected chi connectivity index (χ0v) is 14.6. The van der Waals surface area contributed by atoms with Crippen molar-refractivity contribution in [2.45, 2.75) is 32.5 Å². The summed E-state index contributed by atoms with van der Waals surface area (Å²) in [5.74, 6) is -0.137. The third-order valence-electron chi connectivity index (χ3n) is 4.82. The molecule has 0 amide bonds. The summed E-state index contributed by atoms with van der Waals surface area (Å²) >= 11 is 0. The molecule has 2 aromatic rings. The molecule has 3 atom stereocenters. The summed E-state index contributed by atoms with van der Waals surface area (Å²) in [4.78, 5) is 27.1. The zero-order chi connectivity index (χ0) is 17.8. The van der Waals surface area contributed by atoms with Crippen LogP contribution in [0.15, 0.2) is 60.7 Å². The lowest BCUT2D eigenvalue weighted by molar-refractivity contribution is -0.143. The minimum absolute atomic E-state index is 0.00636. The Morgan fingerprint density at radius 2 is 1.68 bits per heavy atom. The second-order valence-electron chi connectivity index (χ2n) is 6.49. The molecule has 1 aliphatic rings. The van der Waals surface area contributed by atoms with Crippen LogP contribution in [-0.2, 0) is 9.53 Å². The summed E-state index contributed by atoms with van der Waals surface area (Å²) in [5, 5.41) is 0. The van der Waals surface area contributed by atoms with Gasteiger partial charge in [-0.25, -0.2) is 4.90 Å². The van der Waals surface area contributed by atoms with E-state index in [-0.39, 0.29) is 24.2 Å². The standard InChI is InChI=1S/C21H23NO3/c1-3-15(2)19-21(24)25-20(17-12-8-5-9-13-17)22(19)14-18(23)16-10-6-4-7-11-16/h4-13,15,19-20H,3,14H2,1-2H3/t15?,19-,20-/m0/s1. The number of carbonyl (C=O) groups is 2. The van der Waals surface area contributed by atoms with Gasteiger partial charge >= 0.3 is 5.97 Å². The molecule has 0 N–H and O–H groups in total. The predicted molar refractivity (Wildman–Crippen MR) is 96.0 cm³/mol. The molecule has 1 heterocycles. The molecule has 2 aromatic carbocycles. The lowest BCUT2D eigenvalue weighted by atomic mass is 9.97. The van der Waals surface area contributed by atoms with Crippen LogP contribution in [0.4, 0.5) is 0 Å². The minimum Gasteiger partial charge on any atom is -0.441 e. The molecule has 0 radical (unpaired) electrons. The van der Waals surface area contributed by atoms with Gasteiger partial charge in [0, 0.05) is 11.1 Å². The van der Waals surface area contributed by atoms with Crippen LogP contribution in [0.3, 0.4) is 0 Å². The second-order valence-corrected chi connectivity index (χ2v) is 6.49. The van der Waals surface area contributed by atoms with Crippen molar-refractivity contribution >= 4 is 11.8 Å². The first kappa shape index (κ1) is 17.4. The topological polar surface area (TPSA) is 46.6 Å². The Kier molecular flexibility index (Phi) is 5.29. The number of benzene rings is 2. The number of ether oxygens (including phenoxy) is 1. The molecule has 1 unspecified atom stereocenters. The van der Waals surface area contributed by atoms with Crippen LogP contribution in [0.5, 0.6) is 0 Å². The number of cyclic esters (lactones) is 1. The van der Waals surface area contributed by atoms with Gasteiger partial charge in [-0.3, -0.25) is 9.59 Å². The van der Waals surface area contributed by atoms with Crippen LogP contribution in [0.25, 0.3) is 0 Å². The van der Waals surface area contributed by atoms with Gasteiger partial charge in [-0.1, -0.05) is 80.9 Å². The van der Waals surface area contributed by atoms with Crippen LogP contribution >= 0.6 is 0 Å². The van der Waals surface area contributed by atoms with Crippen molar-refractivity contribution in [2.24, 2.45) is 5.92 Å². The maximum atomic E-state index is 12.7. The highest BCUT2D eigenvalue weighted by Gasteiger charge is 2.45. The van der Waals surface area contributed by atoms with E-state index in [1.165, 1.54) is 0 Å². The summed E-state index contributed by atoms with van der Waals surface area (Å²) in [7, 11) is 0. The lowest BCUT2D eigenvalue weighted by Crippen LogP contribution is -2.42. The highest BCUT2D eigenvalue weighted by atomic mass is 16.6. The van der Waals surface area contributed by atoms with Crippen molar-refractivity contribution in [3.8, 4) is 0 Å². The molecule has 0 aromatic heterocycles. The van der Waals surface area contributed by atoms with Gasteiger partial charge in [0.25, 0.3) is 0 Å². The molecule has 25 heavy (non-hydrogen) atoms. The Labute approximate surface area is 148 Å². The highest BCUT2D eigenvalue weighted by molar-refractivity contribution is 5.98. The average Bonchev–Trinajstić information content (AvgIpc) is 2.98. The molecule has 0 bridgehead atoms. The quantitative estimate of drug-likeness (QED) is 0.593. The van der Waals surface area contributed by atoms with Gasteiger partial charge in [0.15, 0.2) is 12.0 Å². The molecular weight excluding hydrogens is 314 g/mol. The first-order valence-corrected chi connectivity index (χ1v) is 8.71. The third kappa shape index (κ3) is 3.64. The van der Waals surface area contributed by atoms with Crippen molar-refractivity contribution in [2.75, 3.05) is 6.54 Å². The number of esters is 1. The van der Waals surface area contributed by atoms with Gasteiger partial charge in [-0.2, -0.15) is 0 Å². The normalized spacial score (nSPS) is 21.8. The van der Waals surface area contributed by atoms with E-state index >= 15 is 0 Å². The number of hydrogen-bond acceptors (Lipinski definition) is 4. The molecule has 4 heteroatoms. The van der Waals surface area contributed by atoms with Gasteiger partial charge in [0.1, 0.15) is 6.04 Å². The van der Waals surface area contributed by atoms with E-state index in [0.29, 0.717) is 5.56 Å². The van der Waals surface area contributed by atoms with E-state index in [2.05, 4.69) is 0 Å². The maximum absolute atomic E-state index is 12.7. The fourth-order valence-corrected chi connectivity index (χ4v) is 3.25. The van der Waals surface area contributed by atoms with Crippen molar-refractivity contribution in [3.63, 3.8) is 0 Å². The molecule has 1 saturated heterocycles. The van der Waals surface area contributed by atoms with Crippen LogP contribution in [0.2, 0.25) is 0 Å². The van der Waals surface area contributed by atoms with Gasteiger partial charge < -0.3 is 4.74 Å². The van der Waals surface area contributed by atoms with Gasteiger partial charge in [0.2, 0.25) is 0 Å². The van der Waals surface area contributed by atoms with Crippen LogP contribution in [0, 0.1) is 5.92 Å². The van der Waals surface area contributed by atoms with Gasteiger partial charge in [-0.05, 0) is 5.92 Å². The van der Waals surface area contributed by atoms with E-state index in [1.807, 2.05) is 67.3 Å². The summed E-state index contributed by atoms with van der Waals surface area (Å²) in [6.45, 7) is 4.23. The number of nitrogens with zero attached hydrogens (tertiary/aromatic N) is 1. The van der Waals surface area contributed by atoms with Gasteiger partial charge in [0.05, 0.1) is 6.54 Å². The van der Waals surface area contributed by atoms with E-state index in [1.54, 1.807) is 12.1 Å². The summed E-state index contributed by atoms with van der Waals surface area (Å²) in [6, 6.07) is 18.4. The monoisotopic (exact) mass is 337 g/mol. The number of rotatable bonds is 6. The fraction of sp³-hybridized carbons (Fsp3) is 0.333. The van der Waals surface area contributed by atoms with Crippen molar-refractivity contribution in [1.29, 1.82) is 0 Å². The first-order chi connectivity index (χ1) is 12.1. The molecule has 1 aliphatic heterocycles. The van der Waals surface area contributed by atoms with Crippen molar-refractivity contribution < 1.29 is 14.3 Å². The largest absolute Gasteiger partial charge is 0.441 e. The summed E-state index contributed by atoms with van der Waals surface area (Å²) in [5.41, 5.74) is 1.54. The van der Waals surface area contributed by atoms with E-state index in [0.717, 1.165) is 12.0 Å². The Bertz CT molecular complexity index is 729.